The predicted octanol–water partition coefficient (Wildman–Crippen LogP) is 5.50. The molecule has 34 heavy (non-hydrogen) atoms. The number of fused-ring (bicyclic) bond motifs is 1. The maximum absolute atomic E-state index is 13.4. The number of hydrogen-bond acceptors (Lipinski definition) is 4. The van der Waals surface area contributed by atoms with Gasteiger partial charge in [0.1, 0.15) is 0 Å². The zero-order valence-corrected chi connectivity index (χ0v) is 18.8. The Morgan fingerprint density at radius 1 is 1.18 bits per heavy atom. The van der Waals surface area contributed by atoms with Crippen LogP contribution in [0.25, 0.3) is 10.8 Å². The number of hydrogen-bond donors (Lipinski definition) is 2. The van der Waals surface area contributed by atoms with Crippen molar-refractivity contribution in [2.24, 2.45) is 0 Å². The Morgan fingerprint density at radius 2 is 1.94 bits per heavy atom. The van der Waals surface area contributed by atoms with E-state index in [1.165, 1.54) is 22.4 Å². The Morgan fingerprint density at radius 3 is 2.71 bits per heavy atom. The number of carboxylic acid groups (broad SMARTS) is 1. The van der Waals surface area contributed by atoms with Gasteiger partial charge in [0, 0.05) is 24.8 Å². The van der Waals surface area contributed by atoms with E-state index in [0.717, 1.165) is 12.1 Å². The van der Waals surface area contributed by atoms with Crippen LogP contribution in [0.1, 0.15) is 40.9 Å². The summed E-state index contributed by atoms with van der Waals surface area (Å²) in [6, 6.07) is 18.0. The van der Waals surface area contributed by atoms with Gasteiger partial charge in [-0.15, -0.1) is 0 Å². The number of benzene rings is 3. The number of morpholine rings is 1. The number of halogens is 3. The summed E-state index contributed by atoms with van der Waals surface area (Å²) >= 11 is 0. The third-order valence-corrected chi connectivity index (χ3v) is 6.25. The second-order valence-electron chi connectivity index (χ2n) is 8.50. The molecule has 0 aromatic heterocycles. The summed E-state index contributed by atoms with van der Waals surface area (Å²) in [6.45, 7) is 4.08. The van der Waals surface area contributed by atoms with E-state index < -0.39 is 23.3 Å². The molecule has 180 valence electrons. The van der Waals surface area contributed by atoms with E-state index in [1.807, 2.05) is 23.1 Å². The lowest BCUT2D eigenvalue weighted by Gasteiger charge is -2.35. The molecule has 0 radical (unpaired) electrons. The lowest BCUT2D eigenvalue weighted by molar-refractivity contribution is -0.138. The average Bonchev–Trinajstić information content (AvgIpc) is 2.83. The van der Waals surface area contributed by atoms with E-state index in [1.54, 1.807) is 0 Å². The fourth-order valence-corrected chi connectivity index (χ4v) is 4.48. The summed E-state index contributed by atoms with van der Waals surface area (Å²) in [5.74, 6) is -1.59. The second-order valence-corrected chi connectivity index (χ2v) is 8.50. The second kappa shape index (κ2) is 10.0. The number of anilines is 1. The van der Waals surface area contributed by atoms with Gasteiger partial charge in [-0.1, -0.05) is 42.5 Å². The Labute approximate surface area is 196 Å². The van der Waals surface area contributed by atoms with Crippen molar-refractivity contribution in [1.82, 2.24) is 5.32 Å². The van der Waals surface area contributed by atoms with Crippen molar-refractivity contribution in [2.75, 3.05) is 31.1 Å². The van der Waals surface area contributed by atoms with Crippen LogP contribution in [0.4, 0.5) is 18.9 Å². The molecular weight excluding hydrogens is 445 g/mol. The first-order valence-corrected chi connectivity index (χ1v) is 11.3. The monoisotopic (exact) mass is 472 g/mol. The molecule has 0 amide bonds. The molecule has 0 aliphatic carbocycles. The Hall–Kier alpha value is -3.10. The van der Waals surface area contributed by atoms with Gasteiger partial charge in [0.15, 0.2) is 0 Å². The number of nitrogens with one attached hydrogen (secondary N) is 1. The smallest absolute Gasteiger partial charge is 0.417 e. The van der Waals surface area contributed by atoms with Crippen LogP contribution in [-0.4, -0.2) is 43.4 Å². The van der Waals surface area contributed by atoms with Gasteiger partial charge in [-0.05, 0) is 54.4 Å². The minimum atomic E-state index is -4.74. The summed E-state index contributed by atoms with van der Waals surface area (Å²) in [4.78, 5) is 13.0. The number of aromatic carboxylic acids is 1. The molecule has 2 N–H and O–H groups in total. The van der Waals surface area contributed by atoms with Gasteiger partial charge >= 0.3 is 12.1 Å². The number of carboxylic acids is 1. The standard InChI is InChI=1S/C26H27F3N2O3/c1-17(21-8-4-6-18-5-2-3-7-22(18)21)30-12-11-20-16-31(13-14-34-20)19-9-10-23(25(32)33)24(15-19)26(27,28)29/h2-10,15,17,20,30H,11-14,16H2,1H3,(H,32,33). The van der Waals surface area contributed by atoms with Gasteiger partial charge in [-0.2, -0.15) is 13.2 Å². The largest absolute Gasteiger partial charge is 0.478 e. The highest BCUT2D eigenvalue weighted by Gasteiger charge is 2.36. The predicted molar refractivity (Wildman–Crippen MR) is 125 cm³/mol. The van der Waals surface area contributed by atoms with Crippen LogP contribution in [0.2, 0.25) is 0 Å². The number of nitrogens with zero attached hydrogens (tertiary/aromatic N) is 1. The molecule has 1 aliphatic rings. The number of rotatable bonds is 7. The molecule has 0 bridgehead atoms. The minimum absolute atomic E-state index is 0.128. The van der Waals surface area contributed by atoms with Gasteiger partial charge in [0.25, 0.3) is 0 Å². The van der Waals surface area contributed by atoms with E-state index in [-0.39, 0.29) is 12.1 Å². The highest BCUT2D eigenvalue weighted by atomic mass is 19.4. The lowest BCUT2D eigenvalue weighted by atomic mass is 9.99. The molecule has 0 saturated carbocycles. The average molecular weight is 473 g/mol. The SMILES string of the molecule is CC(NCCC1CN(c2ccc(C(=O)O)c(C(F)(F)F)c2)CCO1)c1cccc2ccccc12. The van der Waals surface area contributed by atoms with Gasteiger partial charge in [0.2, 0.25) is 0 Å². The van der Waals surface area contributed by atoms with Crippen LogP contribution < -0.4 is 10.2 Å². The molecule has 8 heteroatoms. The van der Waals surface area contributed by atoms with Crippen LogP contribution in [0, 0.1) is 0 Å². The van der Waals surface area contributed by atoms with Crippen LogP contribution in [0.3, 0.4) is 0 Å². The van der Waals surface area contributed by atoms with Crippen LogP contribution in [-0.2, 0) is 10.9 Å². The zero-order valence-electron chi connectivity index (χ0n) is 18.8. The third-order valence-electron chi connectivity index (χ3n) is 6.25. The molecule has 3 aromatic rings. The first kappa shape index (κ1) is 24.0. The molecule has 0 spiro atoms. The van der Waals surface area contributed by atoms with Crippen molar-refractivity contribution in [3.05, 3.63) is 77.4 Å². The first-order chi connectivity index (χ1) is 16.2. The zero-order chi connectivity index (χ0) is 24.3. The molecular formula is C26H27F3N2O3. The van der Waals surface area contributed by atoms with E-state index in [2.05, 4.69) is 36.5 Å². The van der Waals surface area contributed by atoms with Crippen molar-refractivity contribution in [3.63, 3.8) is 0 Å². The minimum Gasteiger partial charge on any atom is -0.478 e. The quantitative estimate of drug-likeness (QED) is 0.475. The maximum Gasteiger partial charge on any atom is 0.417 e. The van der Waals surface area contributed by atoms with Crippen molar-refractivity contribution >= 4 is 22.4 Å². The topological polar surface area (TPSA) is 61.8 Å². The summed E-state index contributed by atoms with van der Waals surface area (Å²) in [5.41, 5.74) is -0.316. The van der Waals surface area contributed by atoms with Gasteiger partial charge in [0.05, 0.1) is 23.8 Å². The lowest BCUT2D eigenvalue weighted by Crippen LogP contribution is -2.43. The summed E-state index contributed by atoms with van der Waals surface area (Å²) in [7, 11) is 0. The molecule has 5 nitrogen and oxygen atoms in total. The summed E-state index contributed by atoms with van der Waals surface area (Å²) in [6.07, 6.45) is -4.18. The fourth-order valence-electron chi connectivity index (χ4n) is 4.48. The third kappa shape index (κ3) is 5.34. The van der Waals surface area contributed by atoms with Crippen LogP contribution in [0.15, 0.2) is 60.7 Å². The summed E-state index contributed by atoms with van der Waals surface area (Å²) in [5, 5.41) is 15.0. The van der Waals surface area contributed by atoms with Crippen LogP contribution >= 0.6 is 0 Å². The highest BCUT2D eigenvalue weighted by Crippen LogP contribution is 2.35. The molecule has 1 fully saturated rings. The Kier molecular flexibility index (Phi) is 7.09. The van der Waals surface area contributed by atoms with E-state index in [4.69, 9.17) is 9.84 Å². The van der Waals surface area contributed by atoms with Gasteiger partial charge < -0.3 is 20.1 Å². The number of alkyl halides is 3. The molecule has 1 heterocycles. The van der Waals surface area contributed by atoms with Crippen molar-refractivity contribution in [3.8, 4) is 0 Å². The van der Waals surface area contributed by atoms with Crippen LogP contribution in [0.5, 0.6) is 0 Å². The Bertz CT molecular complexity index is 1160. The maximum atomic E-state index is 13.4. The molecule has 1 saturated heterocycles. The van der Waals surface area contributed by atoms with Gasteiger partial charge in [-0.3, -0.25) is 0 Å². The fraction of sp³-hybridized carbons (Fsp3) is 0.346. The molecule has 3 aromatic carbocycles. The molecule has 4 rings (SSSR count). The van der Waals surface area contributed by atoms with E-state index in [0.29, 0.717) is 38.3 Å². The van der Waals surface area contributed by atoms with E-state index in [9.17, 15) is 18.0 Å². The van der Waals surface area contributed by atoms with Gasteiger partial charge in [-0.25, -0.2) is 4.79 Å². The number of carbonyl (C=O) groups is 1. The van der Waals surface area contributed by atoms with Crippen molar-refractivity contribution < 1.29 is 27.8 Å². The molecule has 2 atom stereocenters. The highest BCUT2D eigenvalue weighted by molar-refractivity contribution is 5.90. The van der Waals surface area contributed by atoms with Crippen molar-refractivity contribution in [2.45, 2.75) is 31.7 Å². The van der Waals surface area contributed by atoms with E-state index >= 15 is 0 Å². The Balaban J connectivity index is 1.38. The molecule has 1 aliphatic heterocycles. The number of ether oxygens (including phenoxy) is 1. The summed E-state index contributed by atoms with van der Waals surface area (Å²) < 4.78 is 46.0. The first-order valence-electron chi connectivity index (χ1n) is 11.3. The van der Waals surface area contributed by atoms with Crippen molar-refractivity contribution in [1.29, 1.82) is 0 Å². The molecule has 2 unspecified atom stereocenters. The normalized spacial score (nSPS) is 17.6.